The number of aromatic nitrogens is 1. The summed E-state index contributed by atoms with van der Waals surface area (Å²) in [5.74, 6) is 2.50. The normalized spacial score (nSPS) is 15.9. The fourth-order valence-electron chi connectivity index (χ4n) is 4.89. The van der Waals surface area contributed by atoms with Gasteiger partial charge in [-0.05, 0) is 54.8 Å². The Balaban J connectivity index is 1.64. The average molecular weight is 557 g/mol. The zero-order valence-electron chi connectivity index (χ0n) is 22.8. The van der Waals surface area contributed by atoms with Crippen LogP contribution in [0.2, 0.25) is 0 Å². The molecule has 3 aromatic rings. The maximum atomic E-state index is 14.0. The van der Waals surface area contributed by atoms with Gasteiger partial charge in [0.15, 0.2) is 16.3 Å². The molecule has 0 saturated heterocycles. The van der Waals surface area contributed by atoms with E-state index in [2.05, 4.69) is 31.9 Å². The number of allylic oxidation sites excluding steroid dienone is 2. The molecule has 8 heteroatoms. The molecule has 1 atom stereocenters. The maximum Gasteiger partial charge on any atom is 0.271 e. The maximum absolute atomic E-state index is 14.0. The summed E-state index contributed by atoms with van der Waals surface area (Å²) in [5.41, 5.74) is 4.28. The van der Waals surface area contributed by atoms with Crippen LogP contribution in [0.25, 0.3) is 6.08 Å². The molecule has 7 nitrogen and oxygen atoms in total. The van der Waals surface area contributed by atoms with E-state index < -0.39 is 6.04 Å². The number of hydrogen-bond donors (Lipinski definition) is 0. The van der Waals surface area contributed by atoms with Crippen LogP contribution in [0.1, 0.15) is 36.6 Å². The van der Waals surface area contributed by atoms with Gasteiger partial charge in [0, 0.05) is 17.7 Å². The number of fused-ring (bicyclic) bond motifs is 2. The number of hydrogen-bond acceptors (Lipinski definition) is 7. The first-order valence-electron chi connectivity index (χ1n) is 13.2. The van der Waals surface area contributed by atoms with Crippen molar-refractivity contribution < 1.29 is 18.9 Å². The number of ether oxygens (including phenoxy) is 4. The van der Waals surface area contributed by atoms with Crippen molar-refractivity contribution >= 4 is 17.4 Å². The first-order chi connectivity index (χ1) is 19.4. The molecule has 2 aliphatic heterocycles. The van der Waals surface area contributed by atoms with E-state index in [1.54, 1.807) is 16.7 Å². The molecule has 3 heterocycles. The van der Waals surface area contributed by atoms with E-state index in [9.17, 15) is 4.79 Å². The second-order valence-electron chi connectivity index (χ2n) is 9.31. The van der Waals surface area contributed by atoms with Crippen LogP contribution in [0, 0.1) is 0 Å². The largest absolute Gasteiger partial charge is 0.494 e. The molecule has 5 rings (SSSR count). The molecule has 0 spiro atoms. The van der Waals surface area contributed by atoms with E-state index in [0.29, 0.717) is 53.0 Å². The lowest BCUT2D eigenvalue weighted by atomic mass is 9.93. The van der Waals surface area contributed by atoms with Gasteiger partial charge in [-0.15, -0.1) is 0 Å². The standard InChI is InChI=1S/C32H32N2O5S/c1-6-14-37-25-12-9-22(17-27(25)38-15-7-2)18-28-31(35)34-30(24-11-10-23-13-16-39-26(23)19-24)29(21(5)36-8-3)20(4)33-32(34)40-28/h6-7,9-12,17-19,30H,1-2,5,8,13-16H2,3-4H3/b28-18-. The average Bonchev–Trinajstić information content (AvgIpc) is 3.54. The van der Waals surface area contributed by atoms with Crippen molar-refractivity contribution in [1.29, 1.82) is 0 Å². The summed E-state index contributed by atoms with van der Waals surface area (Å²) >= 11 is 1.34. The molecule has 0 amide bonds. The van der Waals surface area contributed by atoms with Gasteiger partial charge in [0.25, 0.3) is 5.56 Å². The van der Waals surface area contributed by atoms with Gasteiger partial charge in [-0.25, -0.2) is 4.99 Å². The molecular formula is C32H32N2O5S. The Labute approximate surface area is 237 Å². The van der Waals surface area contributed by atoms with Gasteiger partial charge in [-0.1, -0.05) is 61.4 Å². The van der Waals surface area contributed by atoms with E-state index in [1.165, 1.54) is 11.3 Å². The van der Waals surface area contributed by atoms with Crippen molar-refractivity contribution in [3.63, 3.8) is 0 Å². The van der Waals surface area contributed by atoms with Gasteiger partial charge < -0.3 is 18.9 Å². The summed E-state index contributed by atoms with van der Waals surface area (Å²) in [7, 11) is 0. The Hall–Kier alpha value is -4.30. The Kier molecular flexibility index (Phi) is 8.07. The molecule has 40 heavy (non-hydrogen) atoms. The molecule has 0 fully saturated rings. The molecule has 2 aromatic carbocycles. The Bertz CT molecular complexity index is 1690. The molecule has 206 valence electrons. The SMILES string of the molecule is C=CCOc1ccc(/C=c2\sc3n(c2=O)C(c2ccc4c(c2)OCC4)C(C(=C)OCC)=C(C)N=3)cc1OCC=C. The third kappa shape index (κ3) is 5.27. The van der Waals surface area contributed by atoms with Crippen molar-refractivity contribution in [3.8, 4) is 17.2 Å². The minimum Gasteiger partial charge on any atom is -0.494 e. The van der Waals surface area contributed by atoms with E-state index in [0.717, 1.165) is 40.1 Å². The van der Waals surface area contributed by atoms with Crippen LogP contribution < -0.4 is 29.1 Å². The Morgan fingerprint density at radius 2 is 1.93 bits per heavy atom. The van der Waals surface area contributed by atoms with Gasteiger partial charge in [0.1, 0.15) is 24.7 Å². The minimum atomic E-state index is -0.451. The highest BCUT2D eigenvalue weighted by Crippen LogP contribution is 2.37. The van der Waals surface area contributed by atoms with Gasteiger partial charge in [-0.2, -0.15) is 0 Å². The van der Waals surface area contributed by atoms with Gasteiger partial charge in [0.2, 0.25) is 0 Å². The van der Waals surface area contributed by atoms with Crippen LogP contribution in [-0.4, -0.2) is 31.0 Å². The summed E-state index contributed by atoms with van der Waals surface area (Å²) in [6, 6.07) is 11.3. The quantitative estimate of drug-likeness (QED) is 0.250. The third-order valence-corrected chi connectivity index (χ3v) is 7.64. The highest BCUT2D eigenvalue weighted by atomic mass is 32.1. The molecule has 0 aliphatic carbocycles. The van der Waals surface area contributed by atoms with Gasteiger partial charge >= 0.3 is 0 Å². The summed E-state index contributed by atoms with van der Waals surface area (Å²) in [5, 5.41) is 0. The predicted octanol–water partition coefficient (Wildman–Crippen LogP) is 4.85. The lowest BCUT2D eigenvalue weighted by Gasteiger charge is -2.27. The smallest absolute Gasteiger partial charge is 0.271 e. The molecular weight excluding hydrogens is 524 g/mol. The molecule has 2 aliphatic rings. The van der Waals surface area contributed by atoms with Crippen molar-refractivity contribution in [2.24, 2.45) is 4.99 Å². The first-order valence-corrected chi connectivity index (χ1v) is 14.0. The molecule has 0 bridgehead atoms. The zero-order valence-corrected chi connectivity index (χ0v) is 23.6. The first kappa shape index (κ1) is 27.3. The molecule has 0 saturated carbocycles. The van der Waals surface area contributed by atoms with E-state index >= 15 is 0 Å². The lowest BCUT2D eigenvalue weighted by molar-refractivity contribution is 0.233. The van der Waals surface area contributed by atoms with Gasteiger partial charge in [0.05, 0.1) is 23.8 Å². The van der Waals surface area contributed by atoms with E-state index in [-0.39, 0.29) is 5.56 Å². The highest BCUT2D eigenvalue weighted by molar-refractivity contribution is 7.07. The van der Waals surface area contributed by atoms with Gasteiger partial charge in [-0.3, -0.25) is 9.36 Å². The monoisotopic (exact) mass is 556 g/mol. The second kappa shape index (κ2) is 11.8. The van der Waals surface area contributed by atoms with Crippen LogP contribution in [0.3, 0.4) is 0 Å². The number of nitrogens with zero attached hydrogens (tertiary/aromatic N) is 2. The highest BCUT2D eigenvalue weighted by Gasteiger charge is 2.31. The third-order valence-electron chi connectivity index (χ3n) is 6.66. The fourth-order valence-corrected chi connectivity index (χ4v) is 5.94. The fraction of sp³-hybridized carbons (Fsp3) is 0.250. The number of benzene rings is 2. The summed E-state index contributed by atoms with van der Waals surface area (Å²) in [4.78, 5) is 19.4. The summed E-state index contributed by atoms with van der Waals surface area (Å²) in [6.45, 7) is 17.2. The van der Waals surface area contributed by atoms with Crippen LogP contribution >= 0.6 is 11.3 Å². The summed E-state index contributed by atoms with van der Waals surface area (Å²) < 4.78 is 25.5. The Morgan fingerprint density at radius 1 is 1.15 bits per heavy atom. The number of thiazole rings is 1. The topological polar surface area (TPSA) is 71.3 Å². The second-order valence-corrected chi connectivity index (χ2v) is 10.3. The van der Waals surface area contributed by atoms with Crippen LogP contribution in [0.4, 0.5) is 0 Å². The van der Waals surface area contributed by atoms with Crippen molar-refractivity contribution in [1.82, 2.24) is 4.57 Å². The predicted molar refractivity (Wildman–Crippen MR) is 158 cm³/mol. The number of rotatable bonds is 11. The van der Waals surface area contributed by atoms with Crippen molar-refractivity contribution in [2.75, 3.05) is 26.4 Å². The van der Waals surface area contributed by atoms with Crippen LogP contribution in [-0.2, 0) is 11.2 Å². The van der Waals surface area contributed by atoms with Crippen LogP contribution in [0.15, 0.2) is 95.1 Å². The zero-order chi connectivity index (χ0) is 28.2. The van der Waals surface area contributed by atoms with E-state index in [1.807, 2.05) is 44.2 Å². The molecule has 0 radical (unpaired) electrons. The van der Waals surface area contributed by atoms with Crippen molar-refractivity contribution in [2.45, 2.75) is 26.3 Å². The Morgan fingerprint density at radius 3 is 2.67 bits per heavy atom. The summed E-state index contributed by atoms with van der Waals surface area (Å²) in [6.07, 6.45) is 6.07. The van der Waals surface area contributed by atoms with Crippen molar-refractivity contribution in [3.05, 3.63) is 122 Å². The lowest BCUT2D eigenvalue weighted by Crippen LogP contribution is -2.38. The molecule has 1 aromatic heterocycles. The minimum absolute atomic E-state index is 0.148. The van der Waals surface area contributed by atoms with E-state index in [4.69, 9.17) is 23.9 Å². The van der Waals surface area contributed by atoms with Crippen LogP contribution in [0.5, 0.6) is 17.2 Å². The molecule has 1 unspecified atom stereocenters. The molecule has 0 N–H and O–H groups in total.